The zero-order valence-electron chi connectivity index (χ0n) is 41.9. The van der Waals surface area contributed by atoms with E-state index < -0.39 is 12.1 Å². The van der Waals surface area contributed by atoms with Crippen LogP contribution in [0.2, 0.25) is 0 Å². The van der Waals surface area contributed by atoms with Crippen molar-refractivity contribution in [2.45, 2.75) is 321 Å². The second-order valence-corrected chi connectivity index (χ2v) is 19.3. The molecular weight excluding hydrogens is 767 g/mol. The van der Waals surface area contributed by atoms with Crippen LogP contribution in [0.1, 0.15) is 309 Å². The number of hydrogen-bond acceptors (Lipinski definition) is 5. The smallest absolute Gasteiger partial charge is 0.305 e. The van der Waals surface area contributed by atoms with E-state index in [4.69, 9.17) is 4.74 Å². The predicted molar refractivity (Wildman–Crippen MR) is 269 cm³/mol. The Bertz CT molecular complexity index is 924. The number of ether oxygens (including phenoxy) is 1. The Kier molecular flexibility index (Phi) is 51.0. The first-order valence-corrected chi connectivity index (χ1v) is 27.9. The number of aliphatic hydroxyl groups excluding tert-OH is 2. The molecule has 62 heavy (non-hydrogen) atoms. The van der Waals surface area contributed by atoms with E-state index in [-0.39, 0.29) is 18.5 Å². The largest absolute Gasteiger partial charge is 0.466 e. The number of carbonyl (C=O) groups is 2. The van der Waals surface area contributed by atoms with Gasteiger partial charge < -0.3 is 20.3 Å². The number of nitrogens with one attached hydrogen (secondary N) is 1. The summed E-state index contributed by atoms with van der Waals surface area (Å²) in [5.74, 6) is -0.0324. The van der Waals surface area contributed by atoms with Gasteiger partial charge >= 0.3 is 5.97 Å². The van der Waals surface area contributed by atoms with Gasteiger partial charge in [-0.1, -0.05) is 264 Å². The SMILES string of the molecule is CCCC/C=C\CCCCCCCC(=O)OCCCCCCCCCCCCCCCCCCCCCCCCC(=O)NC(CO)C(O)CCCCCCCCCCCCCC. The summed E-state index contributed by atoms with van der Waals surface area (Å²) in [6, 6.07) is -0.539. The van der Waals surface area contributed by atoms with E-state index in [1.807, 2.05) is 0 Å². The molecule has 0 aliphatic carbocycles. The third-order valence-electron chi connectivity index (χ3n) is 13.1. The van der Waals surface area contributed by atoms with Gasteiger partial charge in [0.2, 0.25) is 5.91 Å². The lowest BCUT2D eigenvalue weighted by Gasteiger charge is -2.22. The van der Waals surface area contributed by atoms with Crippen molar-refractivity contribution >= 4 is 11.9 Å². The highest BCUT2D eigenvalue weighted by molar-refractivity contribution is 5.76. The predicted octanol–water partition coefficient (Wildman–Crippen LogP) is 16.9. The molecule has 0 bridgehead atoms. The van der Waals surface area contributed by atoms with Gasteiger partial charge in [-0.2, -0.15) is 0 Å². The Morgan fingerprint density at radius 3 is 1.19 bits per heavy atom. The van der Waals surface area contributed by atoms with Gasteiger partial charge in [0.15, 0.2) is 0 Å². The van der Waals surface area contributed by atoms with Crippen LogP contribution >= 0.6 is 0 Å². The standard InChI is InChI=1S/C56H109NO5/c1-3-5-7-9-11-13-15-29-32-36-40-44-48-54(59)53(52-58)57-55(60)49-45-41-37-33-30-26-24-22-20-18-16-17-19-21-23-25-27-31-35-39-43-47-51-62-56(61)50-46-42-38-34-28-14-12-10-8-6-4-2/h10,12,53-54,58-59H,3-9,11,13-52H2,1-2H3,(H,57,60)/b12-10-. The minimum Gasteiger partial charge on any atom is -0.466 e. The fourth-order valence-electron chi connectivity index (χ4n) is 8.74. The van der Waals surface area contributed by atoms with E-state index in [1.165, 1.54) is 231 Å². The zero-order valence-corrected chi connectivity index (χ0v) is 41.9. The molecule has 0 saturated heterocycles. The molecule has 0 aromatic rings. The van der Waals surface area contributed by atoms with Crippen LogP contribution < -0.4 is 5.32 Å². The van der Waals surface area contributed by atoms with Crippen molar-refractivity contribution < 1.29 is 24.5 Å². The van der Waals surface area contributed by atoms with Crippen molar-refractivity contribution in [3.05, 3.63) is 12.2 Å². The molecule has 1 amide bonds. The van der Waals surface area contributed by atoms with Gasteiger partial charge in [0.1, 0.15) is 0 Å². The van der Waals surface area contributed by atoms with Crippen molar-refractivity contribution in [2.75, 3.05) is 13.2 Å². The third kappa shape index (κ3) is 48.1. The van der Waals surface area contributed by atoms with Gasteiger partial charge in [-0.25, -0.2) is 0 Å². The maximum Gasteiger partial charge on any atom is 0.305 e. The number of carbonyl (C=O) groups excluding carboxylic acids is 2. The third-order valence-corrected chi connectivity index (χ3v) is 13.1. The van der Waals surface area contributed by atoms with E-state index in [0.717, 1.165) is 44.9 Å². The average Bonchev–Trinajstić information content (AvgIpc) is 3.27. The average molecular weight is 876 g/mol. The molecule has 0 aromatic heterocycles. The molecule has 0 fully saturated rings. The van der Waals surface area contributed by atoms with Gasteiger partial charge in [0.05, 0.1) is 25.4 Å². The summed E-state index contributed by atoms with van der Waals surface area (Å²) in [6.45, 7) is 4.92. The fraction of sp³-hybridized carbons (Fsp3) is 0.929. The molecule has 0 rings (SSSR count). The molecule has 3 N–H and O–H groups in total. The Balaban J connectivity index is 3.37. The molecule has 0 heterocycles. The normalized spacial score (nSPS) is 12.6. The first kappa shape index (κ1) is 60.6. The van der Waals surface area contributed by atoms with E-state index in [9.17, 15) is 19.8 Å². The first-order chi connectivity index (χ1) is 30.5. The Morgan fingerprint density at radius 1 is 0.435 bits per heavy atom. The summed E-state index contributed by atoms with van der Waals surface area (Å²) in [4.78, 5) is 24.4. The van der Waals surface area contributed by atoms with Crippen LogP contribution in [0.4, 0.5) is 0 Å². The Hall–Kier alpha value is -1.40. The molecule has 6 heteroatoms. The van der Waals surface area contributed by atoms with Crippen LogP contribution in [0.15, 0.2) is 12.2 Å². The van der Waals surface area contributed by atoms with Gasteiger partial charge in [-0.05, 0) is 44.9 Å². The lowest BCUT2D eigenvalue weighted by molar-refractivity contribution is -0.143. The monoisotopic (exact) mass is 876 g/mol. The molecule has 0 aromatic carbocycles. The molecule has 6 nitrogen and oxygen atoms in total. The van der Waals surface area contributed by atoms with Crippen molar-refractivity contribution in [1.29, 1.82) is 0 Å². The van der Waals surface area contributed by atoms with E-state index >= 15 is 0 Å². The topological polar surface area (TPSA) is 95.9 Å². The number of rotatable bonds is 52. The van der Waals surface area contributed by atoms with E-state index in [2.05, 4.69) is 31.3 Å². The van der Waals surface area contributed by atoms with Crippen LogP contribution in [0.5, 0.6) is 0 Å². The van der Waals surface area contributed by atoms with E-state index in [0.29, 0.717) is 25.9 Å². The summed E-state index contributed by atoms with van der Waals surface area (Å²) in [7, 11) is 0. The highest BCUT2D eigenvalue weighted by Crippen LogP contribution is 2.17. The second kappa shape index (κ2) is 52.2. The highest BCUT2D eigenvalue weighted by atomic mass is 16.5. The van der Waals surface area contributed by atoms with Crippen molar-refractivity contribution in [3.63, 3.8) is 0 Å². The molecule has 0 aliphatic heterocycles. The Morgan fingerprint density at radius 2 is 0.774 bits per heavy atom. The zero-order chi connectivity index (χ0) is 45.1. The van der Waals surface area contributed by atoms with Crippen LogP contribution in [0, 0.1) is 0 Å². The van der Waals surface area contributed by atoms with Gasteiger partial charge in [0.25, 0.3) is 0 Å². The summed E-state index contributed by atoms with van der Waals surface area (Å²) >= 11 is 0. The lowest BCUT2D eigenvalue weighted by Crippen LogP contribution is -2.45. The number of hydrogen-bond donors (Lipinski definition) is 3. The highest BCUT2D eigenvalue weighted by Gasteiger charge is 2.20. The molecule has 0 spiro atoms. The molecule has 2 unspecified atom stereocenters. The van der Waals surface area contributed by atoms with Crippen molar-refractivity contribution in [1.82, 2.24) is 5.32 Å². The second-order valence-electron chi connectivity index (χ2n) is 19.3. The first-order valence-electron chi connectivity index (χ1n) is 27.9. The lowest BCUT2D eigenvalue weighted by atomic mass is 10.0. The van der Waals surface area contributed by atoms with Gasteiger partial charge in [0, 0.05) is 12.8 Å². The van der Waals surface area contributed by atoms with Crippen LogP contribution in [-0.2, 0) is 14.3 Å². The van der Waals surface area contributed by atoms with Crippen LogP contribution in [0.25, 0.3) is 0 Å². The summed E-state index contributed by atoms with van der Waals surface area (Å²) in [5.41, 5.74) is 0. The number of aliphatic hydroxyl groups is 2. The van der Waals surface area contributed by atoms with Crippen molar-refractivity contribution in [2.24, 2.45) is 0 Å². The maximum absolute atomic E-state index is 12.4. The van der Waals surface area contributed by atoms with E-state index in [1.54, 1.807) is 0 Å². The minimum atomic E-state index is -0.662. The molecular formula is C56H109NO5. The Labute approximate surface area is 387 Å². The fourth-order valence-corrected chi connectivity index (χ4v) is 8.74. The quantitative estimate of drug-likeness (QED) is 0.0321. The molecule has 2 atom stereocenters. The minimum absolute atomic E-state index is 0.00234. The molecule has 0 aliphatic rings. The molecule has 368 valence electrons. The number of unbranched alkanes of at least 4 members (excludes halogenated alkanes) is 39. The van der Waals surface area contributed by atoms with Gasteiger partial charge in [-0.3, -0.25) is 9.59 Å². The maximum atomic E-state index is 12.4. The number of esters is 1. The molecule has 0 saturated carbocycles. The van der Waals surface area contributed by atoms with Gasteiger partial charge in [-0.15, -0.1) is 0 Å². The van der Waals surface area contributed by atoms with Crippen molar-refractivity contribution in [3.8, 4) is 0 Å². The molecule has 0 radical (unpaired) electrons. The number of amides is 1. The van der Waals surface area contributed by atoms with Crippen LogP contribution in [-0.4, -0.2) is 47.4 Å². The van der Waals surface area contributed by atoms with Crippen LogP contribution in [0.3, 0.4) is 0 Å². The summed E-state index contributed by atoms with van der Waals surface area (Å²) in [5, 5.41) is 23.2. The summed E-state index contributed by atoms with van der Waals surface area (Å²) in [6.07, 6.45) is 60.6. The number of allylic oxidation sites excluding steroid dienone is 2. The summed E-state index contributed by atoms with van der Waals surface area (Å²) < 4.78 is 5.45.